The molecule has 2 aliphatic rings. The summed E-state index contributed by atoms with van der Waals surface area (Å²) >= 11 is 0. The first kappa shape index (κ1) is 11.4. The van der Waals surface area contributed by atoms with E-state index in [0.29, 0.717) is 12.1 Å². The van der Waals surface area contributed by atoms with Crippen LogP contribution in [0.3, 0.4) is 0 Å². The molecule has 0 aliphatic carbocycles. The third kappa shape index (κ3) is 4.09. The molecule has 0 amide bonds. The molecule has 0 aromatic carbocycles. The van der Waals surface area contributed by atoms with Crippen molar-refractivity contribution in [1.29, 1.82) is 0 Å². The summed E-state index contributed by atoms with van der Waals surface area (Å²) in [7, 11) is 0. The first-order valence-corrected chi connectivity index (χ1v) is 6.38. The molecule has 2 aliphatic heterocycles. The number of nitrogens with one attached hydrogen (secondary N) is 1. The van der Waals surface area contributed by atoms with Gasteiger partial charge in [-0.15, -0.1) is 0 Å². The highest BCUT2D eigenvalue weighted by molar-refractivity contribution is 4.73. The van der Waals surface area contributed by atoms with Crippen LogP contribution in [-0.2, 0) is 9.47 Å². The van der Waals surface area contributed by atoms with Crippen LogP contribution in [0.4, 0.5) is 0 Å². The summed E-state index contributed by atoms with van der Waals surface area (Å²) in [4.78, 5) is 0. The summed E-state index contributed by atoms with van der Waals surface area (Å²) in [6.07, 6.45) is 7.95. The predicted molar refractivity (Wildman–Crippen MR) is 60.1 cm³/mol. The first-order valence-electron chi connectivity index (χ1n) is 6.38. The van der Waals surface area contributed by atoms with Gasteiger partial charge in [-0.25, -0.2) is 0 Å². The second-order valence-corrected chi connectivity index (χ2v) is 4.65. The van der Waals surface area contributed by atoms with Crippen LogP contribution in [0.5, 0.6) is 0 Å². The zero-order valence-electron chi connectivity index (χ0n) is 9.54. The summed E-state index contributed by atoms with van der Waals surface area (Å²) in [5.74, 6) is 0. The lowest BCUT2D eigenvalue weighted by molar-refractivity contribution is 0.0767. The molecule has 2 heterocycles. The molecular formula is C12H23NO2. The fourth-order valence-corrected chi connectivity index (χ4v) is 2.41. The van der Waals surface area contributed by atoms with Gasteiger partial charge >= 0.3 is 0 Å². The molecule has 2 fully saturated rings. The summed E-state index contributed by atoms with van der Waals surface area (Å²) in [6.45, 7) is 3.94. The normalized spacial score (nSPS) is 31.2. The Kier molecular flexibility index (Phi) is 4.90. The van der Waals surface area contributed by atoms with E-state index in [1.807, 2.05) is 0 Å². The highest BCUT2D eigenvalue weighted by Gasteiger charge is 2.15. The average molecular weight is 213 g/mol. The van der Waals surface area contributed by atoms with Gasteiger partial charge in [0.2, 0.25) is 0 Å². The third-order valence-corrected chi connectivity index (χ3v) is 3.32. The van der Waals surface area contributed by atoms with Crippen LogP contribution in [0.2, 0.25) is 0 Å². The zero-order valence-corrected chi connectivity index (χ0v) is 9.54. The zero-order chi connectivity index (χ0) is 10.3. The van der Waals surface area contributed by atoms with Crippen LogP contribution >= 0.6 is 0 Å². The maximum atomic E-state index is 5.66. The number of rotatable bonds is 6. The maximum absolute atomic E-state index is 5.66. The second-order valence-electron chi connectivity index (χ2n) is 4.65. The Morgan fingerprint density at radius 3 is 3.00 bits per heavy atom. The van der Waals surface area contributed by atoms with Gasteiger partial charge in [0.15, 0.2) is 0 Å². The summed E-state index contributed by atoms with van der Waals surface area (Å²) < 4.78 is 11.2. The van der Waals surface area contributed by atoms with E-state index in [-0.39, 0.29) is 0 Å². The van der Waals surface area contributed by atoms with E-state index in [1.54, 1.807) is 0 Å². The van der Waals surface area contributed by atoms with E-state index in [2.05, 4.69) is 5.32 Å². The lowest BCUT2D eigenvalue weighted by Gasteiger charge is -2.12. The standard InChI is InChI=1S/C12H23NO2/c1-4-11(13-7-1)10-14-8-2-5-12-6-3-9-15-12/h11-13H,1-10H2. The van der Waals surface area contributed by atoms with Crippen molar-refractivity contribution in [3.05, 3.63) is 0 Å². The van der Waals surface area contributed by atoms with E-state index < -0.39 is 0 Å². The molecule has 15 heavy (non-hydrogen) atoms. The smallest absolute Gasteiger partial charge is 0.0619 e. The van der Waals surface area contributed by atoms with E-state index in [0.717, 1.165) is 26.2 Å². The predicted octanol–water partition coefficient (Wildman–Crippen LogP) is 1.71. The molecule has 0 aromatic rings. The molecule has 0 bridgehead atoms. The lowest BCUT2D eigenvalue weighted by atomic mass is 10.1. The molecule has 3 nitrogen and oxygen atoms in total. The van der Waals surface area contributed by atoms with Crippen LogP contribution in [0.25, 0.3) is 0 Å². The van der Waals surface area contributed by atoms with Crippen LogP contribution in [0.1, 0.15) is 38.5 Å². The average Bonchev–Trinajstić information content (AvgIpc) is 2.88. The van der Waals surface area contributed by atoms with Crippen LogP contribution in [-0.4, -0.2) is 38.5 Å². The minimum Gasteiger partial charge on any atom is -0.380 e. The van der Waals surface area contributed by atoms with Gasteiger partial charge in [0.25, 0.3) is 0 Å². The van der Waals surface area contributed by atoms with Crippen molar-refractivity contribution in [2.45, 2.75) is 50.7 Å². The van der Waals surface area contributed by atoms with Crippen molar-refractivity contribution in [3.8, 4) is 0 Å². The van der Waals surface area contributed by atoms with E-state index in [4.69, 9.17) is 9.47 Å². The fourth-order valence-electron chi connectivity index (χ4n) is 2.41. The Balaban J connectivity index is 1.41. The number of hydrogen-bond acceptors (Lipinski definition) is 3. The molecule has 2 saturated heterocycles. The van der Waals surface area contributed by atoms with Crippen molar-refractivity contribution >= 4 is 0 Å². The molecule has 1 N–H and O–H groups in total. The van der Waals surface area contributed by atoms with Crippen molar-refractivity contribution in [1.82, 2.24) is 5.32 Å². The first-order chi connectivity index (χ1) is 7.45. The molecule has 2 unspecified atom stereocenters. The Bertz CT molecular complexity index is 145. The molecule has 0 spiro atoms. The van der Waals surface area contributed by atoms with Gasteiger partial charge in [-0.05, 0) is 45.1 Å². The monoisotopic (exact) mass is 213 g/mol. The minimum absolute atomic E-state index is 0.526. The largest absolute Gasteiger partial charge is 0.380 e. The molecular weight excluding hydrogens is 190 g/mol. The van der Waals surface area contributed by atoms with E-state index >= 15 is 0 Å². The highest BCUT2D eigenvalue weighted by atomic mass is 16.5. The molecule has 88 valence electrons. The number of ether oxygens (including phenoxy) is 2. The van der Waals surface area contributed by atoms with Gasteiger partial charge in [0.05, 0.1) is 12.7 Å². The maximum Gasteiger partial charge on any atom is 0.0619 e. The SMILES string of the molecule is C1CNC(COCCCC2CCCO2)C1. The van der Waals surface area contributed by atoms with Gasteiger partial charge in [-0.2, -0.15) is 0 Å². The van der Waals surface area contributed by atoms with Gasteiger partial charge in [0.1, 0.15) is 0 Å². The summed E-state index contributed by atoms with van der Waals surface area (Å²) in [5, 5.41) is 3.44. The van der Waals surface area contributed by atoms with Crippen molar-refractivity contribution < 1.29 is 9.47 Å². The second kappa shape index (κ2) is 6.46. The topological polar surface area (TPSA) is 30.5 Å². The quantitative estimate of drug-likeness (QED) is 0.681. The molecule has 2 rings (SSSR count). The molecule has 2 atom stereocenters. The van der Waals surface area contributed by atoms with Crippen molar-refractivity contribution in [3.63, 3.8) is 0 Å². The van der Waals surface area contributed by atoms with Gasteiger partial charge in [-0.3, -0.25) is 0 Å². The molecule has 0 saturated carbocycles. The number of hydrogen-bond donors (Lipinski definition) is 1. The van der Waals surface area contributed by atoms with E-state index in [9.17, 15) is 0 Å². The van der Waals surface area contributed by atoms with Gasteiger partial charge in [0, 0.05) is 19.3 Å². The van der Waals surface area contributed by atoms with Crippen LogP contribution in [0, 0.1) is 0 Å². The Morgan fingerprint density at radius 1 is 1.27 bits per heavy atom. The molecule has 3 heteroatoms. The van der Waals surface area contributed by atoms with E-state index in [1.165, 1.54) is 38.6 Å². The van der Waals surface area contributed by atoms with Crippen LogP contribution < -0.4 is 5.32 Å². The van der Waals surface area contributed by atoms with Gasteiger partial charge in [-0.1, -0.05) is 0 Å². The Labute approximate surface area is 92.5 Å². The lowest BCUT2D eigenvalue weighted by Crippen LogP contribution is -2.26. The van der Waals surface area contributed by atoms with Crippen LogP contribution in [0.15, 0.2) is 0 Å². The Hall–Kier alpha value is -0.120. The van der Waals surface area contributed by atoms with Gasteiger partial charge < -0.3 is 14.8 Å². The third-order valence-electron chi connectivity index (χ3n) is 3.32. The summed E-state index contributed by atoms with van der Waals surface area (Å²) in [5.41, 5.74) is 0. The highest BCUT2D eigenvalue weighted by Crippen LogP contribution is 2.16. The fraction of sp³-hybridized carbons (Fsp3) is 1.00. The van der Waals surface area contributed by atoms with Crippen molar-refractivity contribution in [2.24, 2.45) is 0 Å². The Morgan fingerprint density at radius 2 is 2.27 bits per heavy atom. The van der Waals surface area contributed by atoms with Crippen molar-refractivity contribution in [2.75, 3.05) is 26.4 Å². The summed E-state index contributed by atoms with van der Waals surface area (Å²) in [6, 6.07) is 0.618. The minimum atomic E-state index is 0.526. The molecule has 0 aromatic heterocycles. The molecule has 0 radical (unpaired) electrons.